The highest BCUT2D eigenvalue weighted by Crippen LogP contribution is 2.30. The number of fused-ring (bicyclic) bond motifs is 2. The van der Waals surface area contributed by atoms with Gasteiger partial charge in [0.1, 0.15) is 11.8 Å². The summed E-state index contributed by atoms with van der Waals surface area (Å²) in [5.41, 5.74) is 2.30. The number of hydrogen-bond acceptors (Lipinski definition) is 5. The van der Waals surface area contributed by atoms with E-state index in [0.717, 1.165) is 22.1 Å². The number of imide groups is 1. The number of ether oxygens (including phenoxy) is 1. The summed E-state index contributed by atoms with van der Waals surface area (Å²) in [4.78, 5) is 50.9. The SMILES string of the molecule is CC(C)Oc1ccc2cc(C(=O)Nc3ccc4c(c3)CN(C3CCC(=O)NC3=O)C4=O)ccc2c1. The predicted molar refractivity (Wildman–Crippen MR) is 130 cm³/mol. The van der Waals surface area contributed by atoms with Crippen LogP contribution in [0.1, 0.15) is 53.0 Å². The van der Waals surface area contributed by atoms with Gasteiger partial charge in [0.05, 0.1) is 6.10 Å². The van der Waals surface area contributed by atoms with E-state index in [1.54, 1.807) is 24.3 Å². The molecule has 3 aromatic rings. The number of piperidine rings is 1. The third kappa shape index (κ3) is 4.47. The second kappa shape index (κ2) is 8.87. The van der Waals surface area contributed by atoms with Crippen molar-refractivity contribution in [3.05, 3.63) is 71.3 Å². The number of benzene rings is 3. The summed E-state index contributed by atoms with van der Waals surface area (Å²) in [6.45, 7) is 4.19. The summed E-state index contributed by atoms with van der Waals surface area (Å²) in [6, 6.07) is 15.7. The Morgan fingerprint density at radius 3 is 2.57 bits per heavy atom. The minimum absolute atomic E-state index is 0.0798. The molecule has 8 heteroatoms. The topological polar surface area (TPSA) is 105 Å². The van der Waals surface area contributed by atoms with E-state index < -0.39 is 11.9 Å². The van der Waals surface area contributed by atoms with E-state index >= 15 is 0 Å². The zero-order valence-corrected chi connectivity index (χ0v) is 19.5. The lowest BCUT2D eigenvalue weighted by Gasteiger charge is -2.29. The highest BCUT2D eigenvalue weighted by atomic mass is 16.5. The van der Waals surface area contributed by atoms with E-state index in [0.29, 0.717) is 23.2 Å². The Balaban J connectivity index is 1.31. The van der Waals surface area contributed by atoms with Gasteiger partial charge in [0.25, 0.3) is 11.8 Å². The van der Waals surface area contributed by atoms with Crippen molar-refractivity contribution < 1.29 is 23.9 Å². The fourth-order valence-corrected chi connectivity index (χ4v) is 4.57. The minimum Gasteiger partial charge on any atom is -0.491 e. The first-order valence-corrected chi connectivity index (χ1v) is 11.6. The van der Waals surface area contributed by atoms with Gasteiger partial charge in [0.2, 0.25) is 11.8 Å². The largest absolute Gasteiger partial charge is 0.491 e. The number of carbonyl (C=O) groups is 4. The lowest BCUT2D eigenvalue weighted by molar-refractivity contribution is -0.136. The zero-order valence-electron chi connectivity index (χ0n) is 19.5. The Hall–Kier alpha value is -4.20. The molecular weight excluding hydrogens is 446 g/mol. The molecular formula is C27H25N3O5. The zero-order chi connectivity index (χ0) is 24.7. The quantitative estimate of drug-likeness (QED) is 0.553. The fraction of sp³-hybridized carbons (Fsp3) is 0.259. The molecule has 0 aliphatic carbocycles. The van der Waals surface area contributed by atoms with Gasteiger partial charge < -0.3 is 15.0 Å². The van der Waals surface area contributed by atoms with Crippen LogP contribution in [0.2, 0.25) is 0 Å². The van der Waals surface area contributed by atoms with E-state index in [-0.39, 0.29) is 36.8 Å². The average molecular weight is 472 g/mol. The van der Waals surface area contributed by atoms with Crippen LogP contribution >= 0.6 is 0 Å². The van der Waals surface area contributed by atoms with Gasteiger partial charge in [0, 0.05) is 29.8 Å². The summed E-state index contributed by atoms with van der Waals surface area (Å²) < 4.78 is 5.74. The molecule has 8 nitrogen and oxygen atoms in total. The normalized spacial score (nSPS) is 17.5. The minimum atomic E-state index is -0.672. The van der Waals surface area contributed by atoms with Crippen molar-refractivity contribution in [2.75, 3.05) is 5.32 Å². The van der Waals surface area contributed by atoms with Crippen LogP contribution in [-0.4, -0.2) is 40.7 Å². The molecule has 1 saturated heterocycles. The predicted octanol–water partition coefficient (Wildman–Crippen LogP) is 3.64. The van der Waals surface area contributed by atoms with Crippen LogP contribution in [0.5, 0.6) is 5.75 Å². The third-order valence-electron chi connectivity index (χ3n) is 6.23. The summed E-state index contributed by atoms with van der Waals surface area (Å²) in [5, 5.41) is 7.09. The molecule has 2 N–H and O–H groups in total. The Labute approximate surface area is 202 Å². The fourth-order valence-electron chi connectivity index (χ4n) is 4.57. The number of nitrogens with one attached hydrogen (secondary N) is 2. The monoisotopic (exact) mass is 471 g/mol. The van der Waals surface area contributed by atoms with Crippen molar-refractivity contribution >= 4 is 40.1 Å². The van der Waals surface area contributed by atoms with Crippen LogP contribution in [0, 0.1) is 0 Å². The highest BCUT2D eigenvalue weighted by Gasteiger charge is 2.39. The Morgan fingerprint density at radius 1 is 1.03 bits per heavy atom. The molecule has 178 valence electrons. The van der Waals surface area contributed by atoms with Gasteiger partial charge in [-0.25, -0.2) is 0 Å². The molecule has 3 aromatic carbocycles. The Morgan fingerprint density at radius 2 is 1.80 bits per heavy atom. The molecule has 0 radical (unpaired) electrons. The Bertz CT molecular complexity index is 1380. The van der Waals surface area contributed by atoms with Crippen LogP contribution < -0.4 is 15.4 Å². The van der Waals surface area contributed by atoms with Gasteiger partial charge in [-0.05, 0) is 79.1 Å². The number of nitrogens with zero attached hydrogens (tertiary/aromatic N) is 1. The van der Waals surface area contributed by atoms with Gasteiger partial charge in [-0.15, -0.1) is 0 Å². The molecule has 2 aliphatic rings. The molecule has 0 saturated carbocycles. The van der Waals surface area contributed by atoms with Crippen molar-refractivity contribution in [1.82, 2.24) is 10.2 Å². The summed E-state index contributed by atoms with van der Waals surface area (Å²) in [6.07, 6.45) is 0.590. The molecule has 4 amide bonds. The van der Waals surface area contributed by atoms with Gasteiger partial charge in [-0.2, -0.15) is 0 Å². The number of rotatable bonds is 5. The lowest BCUT2D eigenvalue weighted by atomic mass is 10.0. The van der Waals surface area contributed by atoms with Crippen LogP contribution in [0.3, 0.4) is 0 Å². The van der Waals surface area contributed by atoms with Crippen molar-refractivity contribution in [1.29, 1.82) is 0 Å². The lowest BCUT2D eigenvalue weighted by Crippen LogP contribution is -2.52. The highest BCUT2D eigenvalue weighted by molar-refractivity contribution is 6.08. The molecule has 2 heterocycles. The number of anilines is 1. The molecule has 1 atom stereocenters. The first kappa shape index (κ1) is 22.6. The summed E-state index contributed by atoms with van der Waals surface area (Å²) in [5.74, 6) is -0.499. The summed E-state index contributed by atoms with van der Waals surface area (Å²) >= 11 is 0. The van der Waals surface area contributed by atoms with E-state index in [2.05, 4.69) is 10.6 Å². The second-order valence-electron chi connectivity index (χ2n) is 9.12. The molecule has 1 fully saturated rings. The first-order chi connectivity index (χ1) is 16.8. The van der Waals surface area contributed by atoms with Gasteiger partial charge >= 0.3 is 0 Å². The molecule has 1 unspecified atom stereocenters. The number of amides is 4. The summed E-state index contributed by atoms with van der Waals surface area (Å²) in [7, 11) is 0. The van der Waals surface area contributed by atoms with E-state index in [1.807, 2.05) is 44.2 Å². The number of hydrogen-bond donors (Lipinski definition) is 2. The van der Waals surface area contributed by atoms with Gasteiger partial charge in [-0.3, -0.25) is 24.5 Å². The number of carbonyl (C=O) groups excluding carboxylic acids is 4. The van der Waals surface area contributed by atoms with Crippen molar-refractivity contribution in [2.45, 2.75) is 45.4 Å². The maximum Gasteiger partial charge on any atom is 0.255 e. The van der Waals surface area contributed by atoms with E-state index in [4.69, 9.17) is 4.74 Å². The molecule has 0 aromatic heterocycles. The van der Waals surface area contributed by atoms with Crippen LogP contribution in [0.4, 0.5) is 5.69 Å². The first-order valence-electron chi connectivity index (χ1n) is 11.6. The van der Waals surface area contributed by atoms with Gasteiger partial charge in [0.15, 0.2) is 0 Å². The van der Waals surface area contributed by atoms with Crippen LogP contribution in [0.25, 0.3) is 10.8 Å². The van der Waals surface area contributed by atoms with Crippen LogP contribution in [-0.2, 0) is 16.1 Å². The van der Waals surface area contributed by atoms with E-state index in [9.17, 15) is 19.2 Å². The third-order valence-corrected chi connectivity index (χ3v) is 6.23. The van der Waals surface area contributed by atoms with Crippen molar-refractivity contribution in [2.24, 2.45) is 0 Å². The van der Waals surface area contributed by atoms with Crippen molar-refractivity contribution in [3.63, 3.8) is 0 Å². The molecule has 0 bridgehead atoms. The van der Waals surface area contributed by atoms with Crippen molar-refractivity contribution in [3.8, 4) is 5.75 Å². The van der Waals surface area contributed by atoms with E-state index in [1.165, 1.54) is 4.90 Å². The molecule has 0 spiro atoms. The maximum absolute atomic E-state index is 12.9. The van der Waals surface area contributed by atoms with Crippen LogP contribution in [0.15, 0.2) is 54.6 Å². The molecule has 2 aliphatic heterocycles. The standard InChI is InChI=1S/C27H25N3O5/c1-15(2)35-21-7-5-16-11-18(4-3-17(16)13-21)25(32)28-20-6-8-22-19(12-20)14-30(27(22)34)23-9-10-24(31)29-26(23)33/h3-8,11-13,15,23H,9-10,14H2,1-2H3,(H,28,32)(H,29,31,33). The second-order valence-corrected chi connectivity index (χ2v) is 9.12. The maximum atomic E-state index is 12.9. The smallest absolute Gasteiger partial charge is 0.255 e. The Kier molecular flexibility index (Phi) is 5.72. The van der Waals surface area contributed by atoms with Gasteiger partial charge in [-0.1, -0.05) is 12.1 Å². The molecule has 35 heavy (non-hydrogen) atoms. The average Bonchev–Trinajstić information content (AvgIpc) is 3.13. The molecule has 5 rings (SSSR count).